The molecule has 0 aromatic heterocycles. The fourth-order valence-electron chi connectivity index (χ4n) is 2.34. The molecule has 1 fully saturated rings. The molecule has 2 rings (SSSR count). The van der Waals surface area contributed by atoms with E-state index in [1.54, 1.807) is 12.1 Å². The zero-order chi connectivity index (χ0) is 14.4. The van der Waals surface area contributed by atoms with Crippen LogP contribution in [0.4, 0.5) is 0 Å². The summed E-state index contributed by atoms with van der Waals surface area (Å²) in [4.78, 5) is 11.9. The molecule has 20 heavy (non-hydrogen) atoms. The predicted molar refractivity (Wildman–Crippen MR) is 75.2 cm³/mol. The summed E-state index contributed by atoms with van der Waals surface area (Å²) in [6, 6.07) is 4.64. The van der Waals surface area contributed by atoms with Crippen molar-refractivity contribution < 1.29 is 19.4 Å². The van der Waals surface area contributed by atoms with Gasteiger partial charge in [-0.05, 0) is 43.4 Å². The third-order valence-electron chi connectivity index (χ3n) is 3.54. The van der Waals surface area contributed by atoms with E-state index < -0.39 is 0 Å². The SMILES string of the molecule is COc1ccc(C(=O)NCCC[C@H]2CCOC2)cc1O. The van der Waals surface area contributed by atoms with Crippen LogP contribution in [0.1, 0.15) is 29.6 Å². The van der Waals surface area contributed by atoms with Gasteiger partial charge < -0.3 is 19.9 Å². The van der Waals surface area contributed by atoms with E-state index >= 15 is 0 Å². The average Bonchev–Trinajstić information content (AvgIpc) is 2.96. The van der Waals surface area contributed by atoms with E-state index in [1.807, 2.05) is 0 Å². The van der Waals surface area contributed by atoms with Crippen LogP contribution in [-0.4, -0.2) is 37.9 Å². The van der Waals surface area contributed by atoms with Crippen LogP contribution < -0.4 is 10.1 Å². The minimum Gasteiger partial charge on any atom is -0.504 e. The van der Waals surface area contributed by atoms with Crippen LogP contribution in [0.25, 0.3) is 0 Å². The van der Waals surface area contributed by atoms with E-state index in [9.17, 15) is 9.90 Å². The molecule has 5 nitrogen and oxygen atoms in total. The summed E-state index contributed by atoms with van der Waals surface area (Å²) in [5.74, 6) is 0.800. The van der Waals surface area contributed by atoms with Gasteiger partial charge in [-0.2, -0.15) is 0 Å². The molecule has 1 heterocycles. The molecule has 0 bridgehead atoms. The van der Waals surface area contributed by atoms with Crippen molar-refractivity contribution in [3.8, 4) is 11.5 Å². The minimum absolute atomic E-state index is 0.0248. The molecule has 1 aromatic carbocycles. The number of nitrogens with one attached hydrogen (secondary N) is 1. The zero-order valence-electron chi connectivity index (χ0n) is 11.7. The number of aromatic hydroxyl groups is 1. The molecule has 1 aliphatic heterocycles. The third kappa shape index (κ3) is 3.87. The lowest BCUT2D eigenvalue weighted by Crippen LogP contribution is -2.24. The smallest absolute Gasteiger partial charge is 0.251 e. The summed E-state index contributed by atoms with van der Waals surface area (Å²) in [5.41, 5.74) is 0.437. The molecule has 0 saturated carbocycles. The minimum atomic E-state index is -0.175. The van der Waals surface area contributed by atoms with Crippen LogP contribution in [0, 0.1) is 5.92 Å². The molecule has 1 atom stereocenters. The maximum absolute atomic E-state index is 11.9. The van der Waals surface area contributed by atoms with E-state index in [0.717, 1.165) is 32.5 Å². The van der Waals surface area contributed by atoms with Gasteiger partial charge >= 0.3 is 0 Å². The van der Waals surface area contributed by atoms with Gasteiger partial charge in [-0.25, -0.2) is 0 Å². The number of hydrogen-bond donors (Lipinski definition) is 2. The standard InChI is InChI=1S/C15H21NO4/c1-19-14-5-4-12(9-13(14)17)15(18)16-7-2-3-11-6-8-20-10-11/h4-5,9,11,17H,2-3,6-8,10H2,1H3,(H,16,18)/t11-/m0/s1. The summed E-state index contributed by atoms with van der Waals surface area (Å²) in [5, 5.41) is 12.5. The molecule has 5 heteroatoms. The molecule has 0 unspecified atom stereocenters. The second-order valence-corrected chi connectivity index (χ2v) is 5.01. The Labute approximate surface area is 118 Å². The molecule has 1 amide bonds. The predicted octanol–water partition coefficient (Wildman–Crippen LogP) is 1.95. The normalized spacial score (nSPS) is 17.9. The molecule has 0 radical (unpaired) electrons. The number of rotatable bonds is 6. The first-order valence-electron chi connectivity index (χ1n) is 6.93. The lowest BCUT2D eigenvalue weighted by molar-refractivity contribution is 0.0952. The summed E-state index contributed by atoms with van der Waals surface area (Å²) < 4.78 is 10.3. The van der Waals surface area contributed by atoms with Gasteiger partial charge in [0.2, 0.25) is 0 Å². The van der Waals surface area contributed by atoms with Crippen molar-refractivity contribution >= 4 is 5.91 Å². The van der Waals surface area contributed by atoms with Gasteiger partial charge in [-0.3, -0.25) is 4.79 Å². The highest BCUT2D eigenvalue weighted by Crippen LogP contribution is 2.26. The Bertz CT molecular complexity index is 455. The van der Waals surface area contributed by atoms with Crippen molar-refractivity contribution in [2.45, 2.75) is 19.3 Å². The Morgan fingerprint density at radius 3 is 3.05 bits per heavy atom. The topological polar surface area (TPSA) is 67.8 Å². The lowest BCUT2D eigenvalue weighted by Gasteiger charge is -2.09. The fourth-order valence-corrected chi connectivity index (χ4v) is 2.34. The fraction of sp³-hybridized carbons (Fsp3) is 0.533. The van der Waals surface area contributed by atoms with Gasteiger partial charge in [-0.1, -0.05) is 0 Å². The van der Waals surface area contributed by atoms with Gasteiger partial charge in [0.15, 0.2) is 11.5 Å². The van der Waals surface area contributed by atoms with Crippen molar-refractivity contribution in [2.24, 2.45) is 5.92 Å². The molecule has 1 aliphatic rings. The highest BCUT2D eigenvalue weighted by Gasteiger charge is 2.15. The first-order valence-corrected chi connectivity index (χ1v) is 6.93. The van der Waals surface area contributed by atoms with Crippen molar-refractivity contribution in [1.29, 1.82) is 0 Å². The molecular formula is C15H21NO4. The molecule has 0 spiro atoms. The van der Waals surface area contributed by atoms with E-state index in [4.69, 9.17) is 9.47 Å². The quantitative estimate of drug-likeness (QED) is 0.781. The van der Waals surface area contributed by atoms with Crippen LogP contribution in [0.5, 0.6) is 11.5 Å². The second kappa shape index (κ2) is 7.14. The average molecular weight is 279 g/mol. The molecule has 0 aliphatic carbocycles. The summed E-state index contributed by atoms with van der Waals surface area (Å²) in [7, 11) is 1.47. The van der Waals surface area contributed by atoms with Gasteiger partial charge in [0.25, 0.3) is 5.91 Å². The number of methoxy groups -OCH3 is 1. The monoisotopic (exact) mass is 279 g/mol. The molecule has 2 N–H and O–H groups in total. The van der Waals surface area contributed by atoms with Crippen LogP contribution in [0.3, 0.4) is 0 Å². The van der Waals surface area contributed by atoms with Crippen molar-refractivity contribution in [3.05, 3.63) is 23.8 Å². The Morgan fingerprint density at radius 1 is 1.55 bits per heavy atom. The van der Waals surface area contributed by atoms with Gasteiger partial charge in [-0.15, -0.1) is 0 Å². The Morgan fingerprint density at radius 2 is 2.40 bits per heavy atom. The Hall–Kier alpha value is -1.75. The summed E-state index contributed by atoms with van der Waals surface area (Å²) >= 11 is 0. The van der Waals surface area contributed by atoms with E-state index in [-0.39, 0.29) is 11.7 Å². The van der Waals surface area contributed by atoms with Gasteiger partial charge in [0.1, 0.15) is 0 Å². The zero-order valence-corrected chi connectivity index (χ0v) is 11.7. The van der Waals surface area contributed by atoms with Crippen LogP contribution in [-0.2, 0) is 4.74 Å². The van der Waals surface area contributed by atoms with Crippen LogP contribution >= 0.6 is 0 Å². The highest BCUT2D eigenvalue weighted by atomic mass is 16.5. The first kappa shape index (κ1) is 14.7. The first-order chi connectivity index (χ1) is 9.70. The number of hydrogen-bond acceptors (Lipinski definition) is 4. The number of carbonyl (C=O) groups is 1. The number of amides is 1. The summed E-state index contributed by atoms with van der Waals surface area (Å²) in [6.45, 7) is 2.35. The molecule has 110 valence electrons. The van der Waals surface area contributed by atoms with E-state index in [1.165, 1.54) is 13.2 Å². The third-order valence-corrected chi connectivity index (χ3v) is 3.54. The van der Waals surface area contributed by atoms with E-state index in [0.29, 0.717) is 23.8 Å². The number of phenolic OH excluding ortho intramolecular Hbond substituents is 1. The Kier molecular flexibility index (Phi) is 5.24. The maximum Gasteiger partial charge on any atom is 0.251 e. The maximum atomic E-state index is 11.9. The number of carbonyl (C=O) groups excluding carboxylic acids is 1. The summed E-state index contributed by atoms with van der Waals surface area (Å²) in [6.07, 6.45) is 3.15. The highest BCUT2D eigenvalue weighted by molar-refractivity contribution is 5.94. The second-order valence-electron chi connectivity index (χ2n) is 5.01. The molecule has 1 saturated heterocycles. The molecule has 1 aromatic rings. The number of phenols is 1. The van der Waals surface area contributed by atoms with Crippen LogP contribution in [0.15, 0.2) is 18.2 Å². The Balaban J connectivity index is 1.75. The van der Waals surface area contributed by atoms with E-state index in [2.05, 4.69) is 5.32 Å². The molecular weight excluding hydrogens is 258 g/mol. The van der Waals surface area contributed by atoms with Crippen molar-refractivity contribution in [2.75, 3.05) is 26.9 Å². The van der Waals surface area contributed by atoms with Gasteiger partial charge in [0.05, 0.1) is 7.11 Å². The van der Waals surface area contributed by atoms with Crippen LogP contribution in [0.2, 0.25) is 0 Å². The van der Waals surface area contributed by atoms with Crippen molar-refractivity contribution in [1.82, 2.24) is 5.32 Å². The largest absolute Gasteiger partial charge is 0.504 e. The lowest BCUT2D eigenvalue weighted by atomic mass is 10.0. The number of ether oxygens (including phenoxy) is 2. The van der Waals surface area contributed by atoms with Gasteiger partial charge in [0, 0.05) is 25.3 Å². The number of benzene rings is 1. The van der Waals surface area contributed by atoms with Crippen molar-refractivity contribution in [3.63, 3.8) is 0 Å².